The second-order valence-corrected chi connectivity index (χ2v) is 8.03. The van der Waals surface area contributed by atoms with Crippen molar-refractivity contribution in [3.63, 3.8) is 0 Å². The molecule has 0 saturated carbocycles. The maximum atomic E-state index is 12.3. The van der Waals surface area contributed by atoms with Crippen LogP contribution in [-0.2, 0) is 14.8 Å². The summed E-state index contributed by atoms with van der Waals surface area (Å²) in [4.78, 5) is 11.5. The van der Waals surface area contributed by atoms with Crippen molar-refractivity contribution in [2.24, 2.45) is 0 Å². The molecule has 2 aromatic rings. The fraction of sp³-hybridized carbons (Fsp3) is 0.267. The number of sulfonamides is 1. The number of nitrogens with one attached hydrogen (secondary N) is 2. The summed E-state index contributed by atoms with van der Waals surface area (Å²) in [5.74, 6) is 0.0233. The van der Waals surface area contributed by atoms with Gasteiger partial charge in [0.1, 0.15) is 10.8 Å². The standard InChI is InChI=1S/C15H16N2O4S2/c1-2-10-9-21-15(18)16-13-6-5-11(8-12(10)13)17-23(19,20)14-4-3-7-22-14/h3-8,10,17H,2,9H2,1H3,(H,16,18). The van der Waals surface area contributed by atoms with Crippen molar-refractivity contribution in [3.05, 3.63) is 41.3 Å². The van der Waals surface area contributed by atoms with Gasteiger partial charge in [-0.1, -0.05) is 13.0 Å². The molecule has 0 fully saturated rings. The highest BCUT2D eigenvalue weighted by molar-refractivity contribution is 7.94. The third-order valence-corrected chi connectivity index (χ3v) is 6.43. The van der Waals surface area contributed by atoms with Crippen molar-refractivity contribution in [2.75, 3.05) is 16.6 Å². The summed E-state index contributed by atoms with van der Waals surface area (Å²) in [7, 11) is -3.59. The molecule has 1 aromatic heterocycles. The Hall–Kier alpha value is -2.06. The largest absolute Gasteiger partial charge is 0.449 e. The van der Waals surface area contributed by atoms with E-state index in [-0.39, 0.29) is 16.7 Å². The molecule has 2 N–H and O–H groups in total. The van der Waals surface area contributed by atoms with Crippen molar-refractivity contribution in [2.45, 2.75) is 23.5 Å². The fourth-order valence-electron chi connectivity index (χ4n) is 2.45. The lowest BCUT2D eigenvalue weighted by Crippen LogP contribution is -2.12. The Kier molecular flexibility index (Phi) is 4.27. The average molecular weight is 352 g/mol. The molecule has 0 radical (unpaired) electrons. The zero-order chi connectivity index (χ0) is 16.4. The molecule has 0 aliphatic carbocycles. The van der Waals surface area contributed by atoms with E-state index in [1.54, 1.807) is 35.7 Å². The summed E-state index contributed by atoms with van der Waals surface area (Å²) in [6.45, 7) is 2.27. The number of cyclic esters (lactones) is 1. The van der Waals surface area contributed by atoms with E-state index in [1.807, 2.05) is 6.92 Å². The Morgan fingerprint density at radius 3 is 2.91 bits per heavy atom. The van der Waals surface area contributed by atoms with Crippen LogP contribution in [0.3, 0.4) is 0 Å². The number of hydrogen-bond donors (Lipinski definition) is 2. The van der Waals surface area contributed by atoms with Crippen molar-refractivity contribution < 1.29 is 17.9 Å². The van der Waals surface area contributed by atoms with Crippen molar-refractivity contribution in [1.82, 2.24) is 0 Å². The van der Waals surface area contributed by atoms with E-state index < -0.39 is 16.1 Å². The first-order valence-corrected chi connectivity index (χ1v) is 9.50. The smallest absolute Gasteiger partial charge is 0.411 e. The highest BCUT2D eigenvalue weighted by Crippen LogP contribution is 2.33. The maximum absolute atomic E-state index is 12.3. The monoisotopic (exact) mass is 352 g/mol. The molecule has 1 aliphatic heterocycles. The van der Waals surface area contributed by atoms with Crippen molar-refractivity contribution in [1.29, 1.82) is 0 Å². The van der Waals surface area contributed by atoms with Crippen LogP contribution in [0.4, 0.5) is 16.2 Å². The van der Waals surface area contributed by atoms with Gasteiger partial charge in [-0.25, -0.2) is 13.2 Å². The number of rotatable bonds is 4. The Bertz CT molecular complexity index is 816. The van der Waals surface area contributed by atoms with Crippen LogP contribution in [0.5, 0.6) is 0 Å². The number of amides is 1. The zero-order valence-electron chi connectivity index (χ0n) is 12.4. The normalized spacial score (nSPS) is 17.6. The second-order valence-electron chi connectivity index (χ2n) is 5.17. The number of hydrogen-bond acceptors (Lipinski definition) is 5. The SMILES string of the molecule is CCC1COC(=O)Nc2ccc(NS(=O)(=O)c3cccs3)cc21. The molecule has 0 spiro atoms. The van der Waals surface area contributed by atoms with Gasteiger partial charge < -0.3 is 4.74 Å². The highest BCUT2D eigenvalue weighted by atomic mass is 32.2. The summed E-state index contributed by atoms with van der Waals surface area (Å²) in [6, 6.07) is 8.32. The van der Waals surface area contributed by atoms with E-state index in [0.29, 0.717) is 11.4 Å². The third-order valence-electron chi connectivity index (χ3n) is 3.65. The molecule has 1 amide bonds. The quantitative estimate of drug-likeness (QED) is 0.880. The molecule has 8 heteroatoms. The summed E-state index contributed by atoms with van der Waals surface area (Å²) >= 11 is 1.16. The van der Waals surface area contributed by atoms with E-state index in [0.717, 1.165) is 23.3 Å². The van der Waals surface area contributed by atoms with Gasteiger partial charge >= 0.3 is 6.09 Å². The van der Waals surface area contributed by atoms with Crippen LogP contribution in [0.15, 0.2) is 39.9 Å². The van der Waals surface area contributed by atoms with Gasteiger partial charge in [-0.2, -0.15) is 0 Å². The molecule has 2 heterocycles. The summed E-state index contributed by atoms with van der Waals surface area (Å²) in [6.07, 6.45) is 0.289. The van der Waals surface area contributed by atoms with Crippen LogP contribution in [0.2, 0.25) is 0 Å². The van der Waals surface area contributed by atoms with Gasteiger partial charge in [-0.3, -0.25) is 10.0 Å². The van der Waals surface area contributed by atoms with Crippen molar-refractivity contribution in [3.8, 4) is 0 Å². The van der Waals surface area contributed by atoms with Gasteiger partial charge in [0.05, 0.1) is 0 Å². The first kappa shape index (κ1) is 15.8. The zero-order valence-corrected chi connectivity index (χ0v) is 14.0. The van der Waals surface area contributed by atoms with Crippen LogP contribution in [0.1, 0.15) is 24.8 Å². The molecule has 122 valence electrons. The molecule has 6 nitrogen and oxygen atoms in total. The number of thiophene rings is 1. The summed E-state index contributed by atoms with van der Waals surface area (Å²) in [5, 5.41) is 4.38. The van der Waals surface area contributed by atoms with Gasteiger partial charge in [-0.05, 0) is 41.6 Å². The van der Waals surface area contributed by atoms with Gasteiger partial charge in [0, 0.05) is 17.3 Å². The molecule has 3 rings (SSSR count). The molecule has 1 aromatic carbocycles. The van der Waals surface area contributed by atoms with Crippen LogP contribution in [0, 0.1) is 0 Å². The first-order valence-electron chi connectivity index (χ1n) is 7.13. The number of benzene rings is 1. The lowest BCUT2D eigenvalue weighted by Gasteiger charge is -2.15. The third kappa shape index (κ3) is 3.32. The molecular weight excluding hydrogens is 336 g/mol. The predicted octanol–water partition coefficient (Wildman–Crippen LogP) is 3.60. The Morgan fingerprint density at radius 1 is 1.39 bits per heavy atom. The van der Waals surface area contributed by atoms with Gasteiger partial charge in [0.25, 0.3) is 10.0 Å². The number of anilines is 2. The Labute approximate surface area is 138 Å². The highest BCUT2D eigenvalue weighted by Gasteiger charge is 2.23. The van der Waals surface area contributed by atoms with E-state index in [1.165, 1.54) is 0 Å². The number of fused-ring (bicyclic) bond motifs is 1. The van der Waals surface area contributed by atoms with Crippen LogP contribution in [0.25, 0.3) is 0 Å². The molecular formula is C15H16N2O4S2. The van der Waals surface area contributed by atoms with E-state index in [9.17, 15) is 13.2 Å². The first-order chi connectivity index (χ1) is 11.0. The van der Waals surface area contributed by atoms with E-state index in [2.05, 4.69) is 10.0 Å². The molecule has 1 unspecified atom stereocenters. The maximum Gasteiger partial charge on any atom is 0.411 e. The minimum absolute atomic E-state index is 0.0233. The van der Waals surface area contributed by atoms with E-state index >= 15 is 0 Å². The van der Waals surface area contributed by atoms with Crippen LogP contribution < -0.4 is 10.0 Å². The minimum atomic E-state index is -3.59. The van der Waals surface area contributed by atoms with Crippen LogP contribution >= 0.6 is 11.3 Å². The lowest BCUT2D eigenvalue weighted by atomic mass is 9.95. The van der Waals surface area contributed by atoms with Crippen molar-refractivity contribution >= 4 is 38.8 Å². The van der Waals surface area contributed by atoms with Crippen LogP contribution in [-0.4, -0.2) is 21.1 Å². The minimum Gasteiger partial charge on any atom is -0.449 e. The van der Waals surface area contributed by atoms with Gasteiger partial charge in [-0.15, -0.1) is 11.3 Å². The molecule has 23 heavy (non-hydrogen) atoms. The Balaban J connectivity index is 1.94. The number of ether oxygens (including phenoxy) is 1. The topological polar surface area (TPSA) is 84.5 Å². The average Bonchev–Trinajstić information content (AvgIpc) is 3.00. The lowest BCUT2D eigenvalue weighted by molar-refractivity contribution is 0.155. The molecule has 1 aliphatic rings. The van der Waals surface area contributed by atoms with E-state index in [4.69, 9.17) is 4.74 Å². The summed E-state index contributed by atoms with van der Waals surface area (Å²) < 4.78 is 32.6. The number of carbonyl (C=O) groups excluding carboxylic acids is 1. The molecule has 1 atom stereocenters. The Morgan fingerprint density at radius 2 is 2.22 bits per heavy atom. The van der Waals surface area contributed by atoms with Gasteiger partial charge in [0.15, 0.2) is 0 Å². The number of carbonyl (C=O) groups is 1. The second kappa shape index (κ2) is 6.21. The summed E-state index contributed by atoms with van der Waals surface area (Å²) in [5.41, 5.74) is 1.98. The van der Waals surface area contributed by atoms with Gasteiger partial charge in [0.2, 0.25) is 0 Å². The predicted molar refractivity (Wildman–Crippen MR) is 89.6 cm³/mol. The molecule has 0 saturated heterocycles. The fourth-order valence-corrected chi connectivity index (χ4v) is 4.49. The molecule has 0 bridgehead atoms.